The number of alkyl halides is 2. The van der Waals surface area contributed by atoms with E-state index in [-0.39, 0.29) is 5.66 Å². The lowest BCUT2D eigenvalue weighted by Gasteiger charge is -2.11. The Morgan fingerprint density at radius 3 is 2.30 bits per heavy atom. The van der Waals surface area contributed by atoms with Gasteiger partial charge in [0.2, 0.25) is 6.43 Å². The van der Waals surface area contributed by atoms with Crippen LogP contribution in [-0.4, -0.2) is 18.7 Å². The van der Waals surface area contributed by atoms with Crippen LogP contribution >= 0.6 is 8.58 Å². The van der Waals surface area contributed by atoms with Crippen molar-refractivity contribution in [1.29, 1.82) is 0 Å². The summed E-state index contributed by atoms with van der Waals surface area (Å²) in [6.07, 6.45) is 0.557. The van der Waals surface area contributed by atoms with E-state index in [2.05, 4.69) is 0 Å². The number of hydrogen-bond acceptors (Lipinski definition) is 0. The van der Waals surface area contributed by atoms with Gasteiger partial charge in [-0.2, -0.15) is 0 Å². The van der Waals surface area contributed by atoms with Crippen molar-refractivity contribution in [3.8, 4) is 0 Å². The van der Waals surface area contributed by atoms with Gasteiger partial charge in [-0.05, 0) is 13.1 Å². The van der Waals surface area contributed by atoms with Crippen molar-refractivity contribution in [2.45, 2.75) is 38.3 Å². The van der Waals surface area contributed by atoms with Crippen LogP contribution < -0.4 is 0 Å². The third kappa shape index (κ3) is 4.16. The van der Waals surface area contributed by atoms with E-state index in [0.717, 1.165) is 12.8 Å². The van der Waals surface area contributed by atoms with Gasteiger partial charge in [-0.1, -0.05) is 19.8 Å². The highest BCUT2D eigenvalue weighted by Crippen LogP contribution is 2.25. The molecule has 3 heteroatoms. The summed E-state index contributed by atoms with van der Waals surface area (Å²) in [6.45, 7) is 3.88. The van der Waals surface area contributed by atoms with Crippen molar-refractivity contribution >= 4 is 8.58 Å². The van der Waals surface area contributed by atoms with Crippen LogP contribution in [0.4, 0.5) is 8.78 Å². The van der Waals surface area contributed by atoms with Gasteiger partial charge in [-0.3, -0.25) is 0 Å². The second kappa shape index (κ2) is 6.03. The maximum Gasteiger partial charge on any atom is 0.245 e. The molecule has 0 aliphatic carbocycles. The number of unbranched alkanes of at least 4 members (excludes halogenated alkanes) is 1. The van der Waals surface area contributed by atoms with Gasteiger partial charge in [0.1, 0.15) is 0 Å². The Morgan fingerprint density at radius 1 is 1.40 bits per heavy atom. The van der Waals surface area contributed by atoms with E-state index < -0.39 is 6.43 Å². The van der Waals surface area contributed by atoms with Gasteiger partial charge in [-0.25, -0.2) is 8.78 Å². The molecule has 0 bridgehead atoms. The van der Waals surface area contributed by atoms with Crippen molar-refractivity contribution in [1.82, 2.24) is 0 Å². The molecule has 0 aromatic heterocycles. The summed E-state index contributed by atoms with van der Waals surface area (Å²) in [5, 5.41) is 0. The third-order valence-electron chi connectivity index (χ3n) is 1.54. The van der Waals surface area contributed by atoms with Crippen LogP contribution in [0.5, 0.6) is 0 Å². The molecule has 0 saturated heterocycles. The number of hydrogen-bond donors (Lipinski definition) is 0. The first kappa shape index (κ1) is 10.3. The second-order valence-electron chi connectivity index (χ2n) is 2.37. The summed E-state index contributed by atoms with van der Waals surface area (Å²) in [6, 6.07) is 0. The highest BCUT2D eigenvalue weighted by Gasteiger charge is 2.16. The average molecular weight is 168 g/mol. The first-order valence-electron chi connectivity index (χ1n) is 3.67. The third-order valence-corrected chi connectivity index (χ3v) is 2.83. The maximum absolute atomic E-state index is 12.0. The average Bonchev–Trinajstić information content (AvgIpc) is 1.89. The predicted molar refractivity (Wildman–Crippen MR) is 43.6 cm³/mol. The molecule has 0 saturated carbocycles. The molecule has 0 nitrogen and oxygen atoms in total. The molecule has 0 amide bonds. The van der Waals surface area contributed by atoms with Gasteiger partial charge < -0.3 is 0 Å². The summed E-state index contributed by atoms with van der Waals surface area (Å²) in [7, 11) is 0.389. The smallest absolute Gasteiger partial charge is 0.210 e. The van der Waals surface area contributed by atoms with E-state index in [9.17, 15) is 8.78 Å². The molecule has 0 N–H and O–H groups in total. The molecule has 2 atom stereocenters. The van der Waals surface area contributed by atoms with Gasteiger partial charge in [0.25, 0.3) is 0 Å². The maximum atomic E-state index is 12.0. The summed E-state index contributed by atoms with van der Waals surface area (Å²) in [4.78, 5) is 0. The Labute approximate surface area is 63.2 Å². The summed E-state index contributed by atoms with van der Waals surface area (Å²) < 4.78 is 24.1. The molecular formula is C7H15F2P. The van der Waals surface area contributed by atoms with Gasteiger partial charge in [0.05, 0.1) is 0 Å². The zero-order valence-electron chi connectivity index (χ0n) is 6.53. The molecule has 0 aliphatic rings. The monoisotopic (exact) mass is 168 g/mol. The molecular weight excluding hydrogens is 153 g/mol. The van der Waals surface area contributed by atoms with Crippen LogP contribution in [-0.2, 0) is 0 Å². The van der Waals surface area contributed by atoms with Crippen LogP contribution in [0.3, 0.4) is 0 Å². The molecule has 62 valence electrons. The van der Waals surface area contributed by atoms with Crippen LogP contribution in [0.2, 0.25) is 0 Å². The van der Waals surface area contributed by atoms with Crippen molar-refractivity contribution in [3.63, 3.8) is 0 Å². The summed E-state index contributed by atoms with van der Waals surface area (Å²) in [5.74, 6) is 0. The van der Waals surface area contributed by atoms with Gasteiger partial charge in [-0.15, -0.1) is 8.58 Å². The highest BCUT2D eigenvalue weighted by atomic mass is 31.1. The quantitative estimate of drug-likeness (QED) is 0.553. The number of rotatable bonds is 5. The molecule has 0 aliphatic heterocycles. The molecule has 10 heavy (non-hydrogen) atoms. The molecule has 0 heterocycles. The standard InChI is InChI=1S/C7H15F2P/c1-3-4-5-6(10-2)7(8)9/h6-7,10H,3-5H2,1-2H3. The summed E-state index contributed by atoms with van der Waals surface area (Å²) in [5.41, 5.74) is -0.333. The fourth-order valence-corrected chi connectivity index (χ4v) is 1.57. The first-order chi connectivity index (χ1) is 4.72. The Bertz CT molecular complexity index is 76.0. The Balaban J connectivity index is 3.40. The normalized spacial score (nSPS) is 15.3. The van der Waals surface area contributed by atoms with Gasteiger partial charge in [0.15, 0.2) is 0 Å². The Hall–Kier alpha value is 0.290. The minimum absolute atomic E-state index is 0.333. The zero-order valence-corrected chi connectivity index (χ0v) is 7.53. The molecule has 0 radical (unpaired) electrons. The highest BCUT2D eigenvalue weighted by molar-refractivity contribution is 7.38. The fraction of sp³-hybridized carbons (Fsp3) is 1.00. The Kier molecular flexibility index (Phi) is 6.20. The predicted octanol–water partition coefficient (Wildman–Crippen LogP) is 3.12. The van der Waals surface area contributed by atoms with Crippen LogP contribution in [0.1, 0.15) is 26.2 Å². The van der Waals surface area contributed by atoms with E-state index in [1.807, 2.05) is 13.6 Å². The lowest BCUT2D eigenvalue weighted by Crippen LogP contribution is -2.11. The molecule has 0 rings (SSSR count). The largest absolute Gasteiger partial charge is 0.245 e. The zero-order chi connectivity index (χ0) is 7.98. The van der Waals surface area contributed by atoms with Crippen molar-refractivity contribution in [3.05, 3.63) is 0 Å². The van der Waals surface area contributed by atoms with E-state index >= 15 is 0 Å². The fourth-order valence-electron chi connectivity index (χ4n) is 0.820. The molecule has 2 unspecified atom stereocenters. The first-order valence-corrected chi connectivity index (χ1v) is 5.25. The van der Waals surface area contributed by atoms with Crippen molar-refractivity contribution < 1.29 is 8.78 Å². The lowest BCUT2D eigenvalue weighted by atomic mass is 10.2. The van der Waals surface area contributed by atoms with Crippen molar-refractivity contribution in [2.24, 2.45) is 0 Å². The SMILES string of the molecule is CCCCC(PC)C(F)F. The van der Waals surface area contributed by atoms with Gasteiger partial charge in [0, 0.05) is 5.66 Å². The van der Waals surface area contributed by atoms with Crippen molar-refractivity contribution in [2.75, 3.05) is 6.66 Å². The minimum atomic E-state index is -2.10. The Morgan fingerprint density at radius 2 is 2.00 bits per heavy atom. The van der Waals surface area contributed by atoms with Gasteiger partial charge >= 0.3 is 0 Å². The second-order valence-corrected chi connectivity index (χ2v) is 3.69. The van der Waals surface area contributed by atoms with Crippen LogP contribution in [0.25, 0.3) is 0 Å². The number of halogens is 2. The molecule has 0 spiro atoms. The topological polar surface area (TPSA) is 0 Å². The minimum Gasteiger partial charge on any atom is -0.210 e. The van der Waals surface area contributed by atoms with Crippen LogP contribution in [0.15, 0.2) is 0 Å². The molecule has 0 aromatic carbocycles. The van der Waals surface area contributed by atoms with E-state index in [4.69, 9.17) is 0 Å². The molecule has 0 aromatic rings. The summed E-state index contributed by atoms with van der Waals surface area (Å²) >= 11 is 0. The van der Waals surface area contributed by atoms with E-state index in [0.29, 0.717) is 15.0 Å². The molecule has 0 fully saturated rings. The van der Waals surface area contributed by atoms with Crippen LogP contribution in [0, 0.1) is 0 Å². The van der Waals surface area contributed by atoms with E-state index in [1.54, 1.807) is 0 Å². The van der Waals surface area contributed by atoms with E-state index in [1.165, 1.54) is 0 Å². The lowest BCUT2D eigenvalue weighted by molar-refractivity contribution is 0.140.